The van der Waals surface area contributed by atoms with Crippen molar-refractivity contribution in [2.24, 2.45) is 5.10 Å². The molecule has 0 aliphatic carbocycles. The fraction of sp³-hybridized carbons (Fsp3) is 0.227. The van der Waals surface area contributed by atoms with Crippen LogP contribution in [-0.2, 0) is 4.79 Å². The first-order valence-corrected chi connectivity index (χ1v) is 8.87. The number of aromatic nitrogens is 1. The van der Waals surface area contributed by atoms with Crippen molar-refractivity contribution < 1.29 is 9.53 Å². The van der Waals surface area contributed by atoms with Gasteiger partial charge in [0.05, 0.1) is 6.21 Å². The Morgan fingerprint density at radius 3 is 2.59 bits per heavy atom. The lowest BCUT2D eigenvalue weighted by molar-refractivity contribution is -0.127. The Balaban J connectivity index is 1.68. The number of carbonyl (C=O) groups excluding carboxylic acids is 1. The molecular weight excluding hydrogens is 338 g/mol. The van der Waals surface area contributed by atoms with Gasteiger partial charge < -0.3 is 4.74 Å². The molecule has 0 spiro atoms. The number of fused-ring (bicyclic) bond motifs is 1. The standard InChI is InChI=1S/C22H23N3O2/c1-14-11-15(2)19(16(3)12-14)13-24-25-22(26)17(4)27-20-9-5-7-18-8-6-10-23-21(18)20/h5-13,17H,1-4H3,(H,25,26)/b24-13-/t17-/m1/s1. The van der Waals surface area contributed by atoms with Crippen LogP contribution in [0, 0.1) is 20.8 Å². The maximum Gasteiger partial charge on any atom is 0.280 e. The minimum Gasteiger partial charge on any atom is -0.479 e. The van der Waals surface area contributed by atoms with Crippen LogP contribution in [0.2, 0.25) is 0 Å². The van der Waals surface area contributed by atoms with Crippen molar-refractivity contribution in [3.05, 3.63) is 70.9 Å². The molecule has 1 aromatic heterocycles. The Morgan fingerprint density at radius 2 is 1.85 bits per heavy atom. The molecule has 0 unspecified atom stereocenters. The molecule has 27 heavy (non-hydrogen) atoms. The maximum atomic E-state index is 12.3. The summed E-state index contributed by atoms with van der Waals surface area (Å²) < 4.78 is 5.81. The molecule has 0 aliphatic heterocycles. The fourth-order valence-electron chi connectivity index (χ4n) is 3.06. The average Bonchev–Trinajstić information content (AvgIpc) is 2.64. The highest BCUT2D eigenvalue weighted by molar-refractivity contribution is 5.87. The van der Waals surface area contributed by atoms with Gasteiger partial charge in [0.1, 0.15) is 11.3 Å². The Labute approximate surface area is 159 Å². The van der Waals surface area contributed by atoms with Crippen LogP contribution >= 0.6 is 0 Å². The van der Waals surface area contributed by atoms with E-state index in [1.54, 1.807) is 25.4 Å². The predicted molar refractivity (Wildman–Crippen MR) is 108 cm³/mol. The first-order valence-electron chi connectivity index (χ1n) is 8.87. The Hall–Kier alpha value is -3.21. The second kappa shape index (κ2) is 7.99. The summed E-state index contributed by atoms with van der Waals surface area (Å²) in [6.07, 6.45) is 2.68. The zero-order chi connectivity index (χ0) is 19.4. The summed E-state index contributed by atoms with van der Waals surface area (Å²) in [5.41, 5.74) is 7.74. The number of para-hydroxylation sites is 1. The third-order valence-corrected chi connectivity index (χ3v) is 4.38. The topological polar surface area (TPSA) is 63.6 Å². The third kappa shape index (κ3) is 4.31. The Bertz CT molecular complexity index is 983. The molecule has 0 saturated heterocycles. The van der Waals surface area contributed by atoms with Crippen LogP contribution < -0.4 is 10.2 Å². The molecule has 0 fully saturated rings. The number of ether oxygens (including phenoxy) is 1. The van der Waals surface area contributed by atoms with E-state index in [1.165, 1.54) is 5.56 Å². The lowest BCUT2D eigenvalue weighted by atomic mass is 10.0. The van der Waals surface area contributed by atoms with Crippen molar-refractivity contribution in [1.82, 2.24) is 10.4 Å². The van der Waals surface area contributed by atoms with Crippen LogP contribution in [0.4, 0.5) is 0 Å². The van der Waals surface area contributed by atoms with Gasteiger partial charge in [-0.15, -0.1) is 0 Å². The number of nitrogens with zero attached hydrogens (tertiary/aromatic N) is 2. The normalized spacial score (nSPS) is 12.3. The van der Waals surface area contributed by atoms with Crippen LogP contribution in [0.25, 0.3) is 10.9 Å². The van der Waals surface area contributed by atoms with Crippen LogP contribution in [0.3, 0.4) is 0 Å². The summed E-state index contributed by atoms with van der Waals surface area (Å²) in [4.78, 5) is 16.7. The van der Waals surface area contributed by atoms with Gasteiger partial charge >= 0.3 is 0 Å². The van der Waals surface area contributed by atoms with Crippen LogP contribution in [0.15, 0.2) is 53.8 Å². The van der Waals surface area contributed by atoms with E-state index in [-0.39, 0.29) is 5.91 Å². The van der Waals surface area contributed by atoms with Gasteiger partial charge in [0, 0.05) is 17.1 Å². The number of nitrogens with one attached hydrogen (secondary N) is 1. The van der Waals surface area contributed by atoms with Gasteiger partial charge in [-0.1, -0.05) is 35.9 Å². The molecule has 138 valence electrons. The highest BCUT2D eigenvalue weighted by Gasteiger charge is 2.15. The number of benzene rings is 2. The lowest BCUT2D eigenvalue weighted by Crippen LogP contribution is -2.33. The molecule has 5 nitrogen and oxygen atoms in total. The van der Waals surface area contributed by atoms with Gasteiger partial charge in [-0.05, 0) is 51.0 Å². The van der Waals surface area contributed by atoms with E-state index in [1.807, 2.05) is 38.1 Å². The third-order valence-electron chi connectivity index (χ3n) is 4.38. The van der Waals surface area contributed by atoms with Gasteiger partial charge in [0.25, 0.3) is 5.91 Å². The molecule has 1 amide bonds. The van der Waals surface area contributed by atoms with Gasteiger partial charge in [-0.2, -0.15) is 5.10 Å². The van der Waals surface area contributed by atoms with Crippen LogP contribution in [-0.4, -0.2) is 23.2 Å². The molecule has 0 radical (unpaired) electrons. The number of aryl methyl sites for hydroxylation is 3. The predicted octanol–water partition coefficient (Wildman–Crippen LogP) is 4.08. The quantitative estimate of drug-likeness (QED) is 0.550. The van der Waals surface area contributed by atoms with Crippen molar-refractivity contribution in [2.75, 3.05) is 0 Å². The first-order chi connectivity index (χ1) is 13.0. The van der Waals surface area contributed by atoms with E-state index in [2.05, 4.69) is 34.6 Å². The second-order valence-corrected chi connectivity index (χ2v) is 6.64. The van der Waals surface area contributed by atoms with E-state index in [4.69, 9.17) is 4.74 Å². The van der Waals surface area contributed by atoms with E-state index in [0.717, 1.165) is 27.6 Å². The number of hydrogen-bond donors (Lipinski definition) is 1. The first kappa shape index (κ1) is 18.6. The molecule has 0 bridgehead atoms. The zero-order valence-electron chi connectivity index (χ0n) is 16.0. The fourth-order valence-corrected chi connectivity index (χ4v) is 3.06. The Kier molecular flexibility index (Phi) is 5.50. The molecule has 5 heteroatoms. The summed E-state index contributed by atoms with van der Waals surface area (Å²) >= 11 is 0. The minimum atomic E-state index is -0.699. The zero-order valence-corrected chi connectivity index (χ0v) is 16.0. The summed E-state index contributed by atoms with van der Waals surface area (Å²) in [6, 6.07) is 13.6. The van der Waals surface area contributed by atoms with Gasteiger partial charge in [0.15, 0.2) is 6.10 Å². The number of carbonyl (C=O) groups is 1. The number of hydrogen-bond acceptors (Lipinski definition) is 4. The average molecular weight is 361 g/mol. The van der Waals surface area contributed by atoms with Crippen LogP contribution in [0.5, 0.6) is 5.75 Å². The molecule has 0 aliphatic rings. The largest absolute Gasteiger partial charge is 0.479 e. The SMILES string of the molecule is Cc1cc(C)c(/C=N\NC(=O)[C@@H](C)Oc2cccc3cccnc23)c(C)c1. The van der Waals surface area contributed by atoms with Gasteiger partial charge in [0.2, 0.25) is 0 Å². The van der Waals surface area contributed by atoms with E-state index in [0.29, 0.717) is 5.75 Å². The lowest BCUT2D eigenvalue weighted by Gasteiger charge is -2.14. The monoisotopic (exact) mass is 361 g/mol. The molecule has 2 aromatic carbocycles. The molecule has 1 N–H and O–H groups in total. The second-order valence-electron chi connectivity index (χ2n) is 6.64. The molecule has 1 atom stereocenters. The van der Waals surface area contributed by atoms with Gasteiger partial charge in [-0.25, -0.2) is 5.43 Å². The van der Waals surface area contributed by atoms with Crippen LogP contribution in [0.1, 0.15) is 29.2 Å². The van der Waals surface area contributed by atoms with Gasteiger partial charge in [-0.3, -0.25) is 9.78 Å². The maximum absolute atomic E-state index is 12.3. The number of amides is 1. The summed E-state index contributed by atoms with van der Waals surface area (Å²) in [5, 5.41) is 5.06. The van der Waals surface area contributed by atoms with Crippen molar-refractivity contribution in [1.29, 1.82) is 0 Å². The highest BCUT2D eigenvalue weighted by atomic mass is 16.5. The summed E-state index contributed by atoms with van der Waals surface area (Å²) in [6.45, 7) is 7.81. The smallest absolute Gasteiger partial charge is 0.280 e. The van der Waals surface area contributed by atoms with Crippen molar-refractivity contribution in [3.8, 4) is 5.75 Å². The molecule has 1 heterocycles. The number of rotatable bonds is 5. The minimum absolute atomic E-state index is 0.318. The van der Waals surface area contributed by atoms with Crippen molar-refractivity contribution in [2.45, 2.75) is 33.8 Å². The van der Waals surface area contributed by atoms with E-state index < -0.39 is 6.10 Å². The molecule has 3 rings (SSSR count). The van der Waals surface area contributed by atoms with Crippen molar-refractivity contribution >= 4 is 23.0 Å². The highest BCUT2D eigenvalue weighted by Crippen LogP contribution is 2.24. The van der Waals surface area contributed by atoms with E-state index in [9.17, 15) is 4.79 Å². The summed E-state index contributed by atoms with van der Waals surface area (Å²) in [5.74, 6) is 0.256. The molecular formula is C22H23N3O2. The Morgan fingerprint density at radius 1 is 1.15 bits per heavy atom. The molecule has 3 aromatic rings. The van der Waals surface area contributed by atoms with E-state index >= 15 is 0 Å². The van der Waals surface area contributed by atoms with Crippen molar-refractivity contribution in [3.63, 3.8) is 0 Å². The number of pyridine rings is 1. The number of hydrazone groups is 1. The molecule has 0 saturated carbocycles. The summed E-state index contributed by atoms with van der Waals surface area (Å²) in [7, 11) is 0.